The molecule has 4 heteroatoms. The van der Waals surface area contributed by atoms with Gasteiger partial charge in [-0.2, -0.15) is 0 Å². The standard InChI is InChI=1S/C19H28N2O2/c1-23-17-7-2-4-13(10-17)8-9-21-19(22)16-11-14-5-3-6-15(12-16)18(14)20/h2,4,7,10,14-16,18H,3,5-6,8-9,11-12,20H2,1H3,(H,21,22). The van der Waals surface area contributed by atoms with Gasteiger partial charge < -0.3 is 15.8 Å². The van der Waals surface area contributed by atoms with E-state index in [9.17, 15) is 4.79 Å². The Morgan fingerprint density at radius 3 is 2.74 bits per heavy atom. The third kappa shape index (κ3) is 3.86. The monoisotopic (exact) mass is 316 g/mol. The van der Waals surface area contributed by atoms with E-state index < -0.39 is 0 Å². The van der Waals surface area contributed by atoms with E-state index in [2.05, 4.69) is 11.4 Å². The fourth-order valence-corrected chi connectivity index (χ4v) is 4.31. The number of carbonyl (C=O) groups excluding carboxylic acids is 1. The van der Waals surface area contributed by atoms with Gasteiger partial charge in [0.25, 0.3) is 0 Å². The summed E-state index contributed by atoms with van der Waals surface area (Å²) in [5, 5.41) is 3.12. The van der Waals surface area contributed by atoms with Gasteiger partial charge in [-0.15, -0.1) is 0 Å². The molecule has 3 N–H and O–H groups in total. The molecule has 0 radical (unpaired) electrons. The van der Waals surface area contributed by atoms with E-state index in [0.29, 0.717) is 24.4 Å². The van der Waals surface area contributed by atoms with E-state index in [0.717, 1.165) is 25.0 Å². The Morgan fingerprint density at radius 2 is 2.04 bits per heavy atom. The van der Waals surface area contributed by atoms with Crippen molar-refractivity contribution in [2.24, 2.45) is 23.5 Å². The van der Waals surface area contributed by atoms with Crippen molar-refractivity contribution < 1.29 is 9.53 Å². The topological polar surface area (TPSA) is 64.3 Å². The van der Waals surface area contributed by atoms with Crippen molar-refractivity contribution in [3.05, 3.63) is 29.8 Å². The van der Waals surface area contributed by atoms with Gasteiger partial charge in [0.2, 0.25) is 5.91 Å². The molecule has 2 unspecified atom stereocenters. The van der Waals surface area contributed by atoms with E-state index in [1.165, 1.54) is 24.8 Å². The minimum Gasteiger partial charge on any atom is -0.497 e. The zero-order valence-corrected chi connectivity index (χ0v) is 14.0. The predicted molar refractivity (Wildman–Crippen MR) is 91.2 cm³/mol. The quantitative estimate of drug-likeness (QED) is 0.877. The molecule has 2 aliphatic rings. The number of nitrogens with one attached hydrogen (secondary N) is 1. The number of hydrogen-bond donors (Lipinski definition) is 2. The highest BCUT2D eigenvalue weighted by Gasteiger charge is 2.40. The first-order valence-electron chi connectivity index (χ1n) is 8.83. The van der Waals surface area contributed by atoms with Crippen LogP contribution in [0.25, 0.3) is 0 Å². The van der Waals surface area contributed by atoms with Crippen LogP contribution in [0.2, 0.25) is 0 Å². The molecule has 2 fully saturated rings. The molecule has 2 bridgehead atoms. The van der Waals surface area contributed by atoms with Gasteiger partial charge in [-0.3, -0.25) is 4.79 Å². The predicted octanol–water partition coefficient (Wildman–Crippen LogP) is 2.51. The van der Waals surface area contributed by atoms with Crippen molar-refractivity contribution >= 4 is 5.91 Å². The van der Waals surface area contributed by atoms with Crippen molar-refractivity contribution in [3.63, 3.8) is 0 Å². The Labute approximate surface area is 138 Å². The fourth-order valence-electron chi connectivity index (χ4n) is 4.31. The van der Waals surface area contributed by atoms with Gasteiger partial charge in [0.05, 0.1) is 7.11 Å². The highest BCUT2D eigenvalue weighted by atomic mass is 16.5. The summed E-state index contributed by atoms with van der Waals surface area (Å²) >= 11 is 0. The van der Waals surface area contributed by atoms with Crippen LogP contribution in [0.3, 0.4) is 0 Å². The first kappa shape index (κ1) is 16.3. The smallest absolute Gasteiger partial charge is 0.223 e. The van der Waals surface area contributed by atoms with Crippen LogP contribution >= 0.6 is 0 Å². The molecule has 0 heterocycles. The zero-order chi connectivity index (χ0) is 16.2. The van der Waals surface area contributed by atoms with Crippen molar-refractivity contribution in [1.29, 1.82) is 0 Å². The Morgan fingerprint density at radius 1 is 1.30 bits per heavy atom. The van der Waals surface area contributed by atoms with Crippen LogP contribution in [0, 0.1) is 17.8 Å². The lowest BCUT2D eigenvalue weighted by Crippen LogP contribution is -2.49. The number of nitrogens with two attached hydrogens (primary N) is 1. The summed E-state index contributed by atoms with van der Waals surface area (Å²) in [4.78, 5) is 12.5. The summed E-state index contributed by atoms with van der Waals surface area (Å²) in [6, 6.07) is 8.34. The number of benzene rings is 1. The number of fused-ring (bicyclic) bond motifs is 2. The van der Waals surface area contributed by atoms with E-state index in [-0.39, 0.29) is 11.8 Å². The Hall–Kier alpha value is -1.55. The molecule has 0 aromatic heterocycles. The molecule has 0 spiro atoms. The Kier molecular flexibility index (Phi) is 5.21. The highest BCUT2D eigenvalue weighted by Crippen LogP contribution is 2.41. The number of ether oxygens (including phenoxy) is 1. The molecule has 0 saturated heterocycles. The van der Waals surface area contributed by atoms with Crippen LogP contribution in [-0.2, 0) is 11.2 Å². The van der Waals surface area contributed by atoms with Crippen LogP contribution in [0.1, 0.15) is 37.7 Å². The third-order valence-electron chi connectivity index (χ3n) is 5.63. The summed E-state index contributed by atoms with van der Waals surface area (Å²) < 4.78 is 5.23. The van der Waals surface area contributed by atoms with Gasteiger partial charge in [-0.1, -0.05) is 18.6 Å². The van der Waals surface area contributed by atoms with Crippen LogP contribution in [0.15, 0.2) is 24.3 Å². The fraction of sp³-hybridized carbons (Fsp3) is 0.632. The summed E-state index contributed by atoms with van der Waals surface area (Å²) in [5.41, 5.74) is 7.49. The molecule has 0 aliphatic heterocycles. The summed E-state index contributed by atoms with van der Waals surface area (Å²) in [5.74, 6) is 2.35. The Balaban J connectivity index is 1.48. The van der Waals surface area contributed by atoms with Crippen molar-refractivity contribution in [2.75, 3.05) is 13.7 Å². The molecule has 4 nitrogen and oxygen atoms in total. The average molecular weight is 316 g/mol. The molecular weight excluding hydrogens is 288 g/mol. The molecule has 2 saturated carbocycles. The molecule has 1 aromatic carbocycles. The molecule has 1 amide bonds. The number of carbonyl (C=O) groups is 1. The molecule has 23 heavy (non-hydrogen) atoms. The van der Waals surface area contributed by atoms with Crippen molar-refractivity contribution in [3.8, 4) is 5.75 Å². The van der Waals surface area contributed by atoms with E-state index in [4.69, 9.17) is 10.5 Å². The summed E-state index contributed by atoms with van der Waals surface area (Å²) in [6.45, 7) is 0.684. The molecule has 1 aromatic rings. The maximum Gasteiger partial charge on any atom is 0.223 e. The van der Waals surface area contributed by atoms with Gasteiger partial charge in [0.15, 0.2) is 0 Å². The van der Waals surface area contributed by atoms with E-state index >= 15 is 0 Å². The maximum absolute atomic E-state index is 12.5. The number of hydrogen-bond acceptors (Lipinski definition) is 3. The first-order chi connectivity index (χ1) is 11.2. The van der Waals surface area contributed by atoms with Gasteiger partial charge in [-0.05, 0) is 61.6 Å². The van der Waals surface area contributed by atoms with Gasteiger partial charge in [-0.25, -0.2) is 0 Å². The van der Waals surface area contributed by atoms with Gasteiger partial charge >= 0.3 is 0 Å². The maximum atomic E-state index is 12.5. The second kappa shape index (κ2) is 7.35. The van der Waals surface area contributed by atoms with Crippen molar-refractivity contribution in [1.82, 2.24) is 5.32 Å². The molecule has 2 aliphatic carbocycles. The SMILES string of the molecule is COc1cccc(CCNC(=O)C2CC3CCCC(C2)C3N)c1. The largest absolute Gasteiger partial charge is 0.497 e. The lowest BCUT2D eigenvalue weighted by atomic mass is 9.65. The lowest BCUT2D eigenvalue weighted by molar-refractivity contribution is -0.127. The zero-order valence-electron chi connectivity index (χ0n) is 14.0. The van der Waals surface area contributed by atoms with Crippen LogP contribution < -0.4 is 15.8 Å². The van der Waals surface area contributed by atoms with Crippen LogP contribution in [-0.4, -0.2) is 25.6 Å². The normalized spacial score (nSPS) is 29.8. The first-order valence-corrected chi connectivity index (χ1v) is 8.83. The van der Waals surface area contributed by atoms with Gasteiger partial charge in [0.1, 0.15) is 5.75 Å². The van der Waals surface area contributed by atoms with Crippen molar-refractivity contribution in [2.45, 2.75) is 44.6 Å². The summed E-state index contributed by atoms with van der Waals surface area (Å²) in [6.07, 6.45) is 6.47. The number of rotatable bonds is 5. The molecule has 2 atom stereocenters. The highest BCUT2D eigenvalue weighted by molar-refractivity contribution is 5.78. The molecule has 3 rings (SSSR count). The molecule has 126 valence electrons. The lowest BCUT2D eigenvalue weighted by Gasteiger charge is -2.43. The number of methoxy groups -OCH3 is 1. The van der Waals surface area contributed by atoms with E-state index in [1.54, 1.807) is 7.11 Å². The second-order valence-electron chi connectivity index (χ2n) is 7.09. The third-order valence-corrected chi connectivity index (χ3v) is 5.63. The minimum atomic E-state index is 0.162. The number of amides is 1. The Bertz CT molecular complexity index is 532. The average Bonchev–Trinajstić information content (AvgIpc) is 2.54. The molecular formula is C19H28N2O2. The van der Waals surface area contributed by atoms with Crippen LogP contribution in [0.5, 0.6) is 5.75 Å². The van der Waals surface area contributed by atoms with E-state index in [1.807, 2.05) is 18.2 Å². The summed E-state index contributed by atoms with van der Waals surface area (Å²) in [7, 11) is 1.67. The van der Waals surface area contributed by atoms with Gasteiger partial charge in [0, 0.05) is 18.5 Å². The second-order valence-corrected chi connectivity index (χ2v) is 7.09. The minimum absolute atomic E-state index is 0.162. The van der Waals surface area contributed by atoms with Crippen LogP contribution in [0.4, 0.5) is 0 Å².